The third kappa shape index (κ3) is 3.45. The molecule has 1 fully saturated rings. The number of carbonyl (C=O) groups is 3. The largest absolute Gasteiger partial charge is 0.481 e. The first-order chi connectivity index (χ1) is 8.32. The Balaban J connectivity index is 2.65. The summed E-state index contributed by atoms with van der Waals surface area (Å²) in [5, 5.41) is 8.68. The average Bonchev–Trinajstić information content (AvgIpc) is 2.58. The van der Waals surface area contributed by atoms with Crippen molar-refractivity contribution >= 4 is 17.8 Å². The van der Waals surface area contributed by atoms with E-state index in [1.807, 2.05) is 13.8 Å². The Bertz CT molecular complexity index is 354. The van der Waals surface area contributed by atoms with Crippen molar-refractivity contribution in [3.8, 4) is 0 Å². The minimum absolute atomic E-state index is 0.0321. The van der Waals surface area contributed by atoms with Crippen LogP contribution in [-0.4, -0.2) is 58.9 Å². The Morgan fingerprint density at radius 3 is 2.50 bits per heavy atom. The van der Waals surface area contributed by atoms with Crippen LogP contribution in [0, 0.1) is 5.92 Å². The van der Waals surface area contributed by atoms with Crippen molar-refractivity contribution in [2.45, 2.75) is 32.7 Å². The molecule has 102 valence electrons. The summed E-state index contributed by atoms with van der Waals surface area (Å²) in [6.07, 6.45) is 0.159. The molecule has 0 bridgehead atoms. The van der Waals surface area contributed by atoms with E-state index in [2.05, 4.69) is 0 Å². The van der Waals surface area contributed by atoms with E-state index in [-0.39, 0.29) is 43.2 Å². The zero-order valence-corrected chi connectivity index (χ0v) is 11.0. The first-order valence-electron chi connectivity index (χ1n) is 6.09. The maximum Gasteiger partial charge on any atom is 0.305 e. The molecule has 6 heteroatoms. The predicted molar refractivity (Wildman–Crippen MR) is 64.8 cm³/mol. The third-order valence-electron chi connectivity index (χ3n) is 3.16. The summed E-state index contributed by atoms with van der Waals surface area (Å²) in [4.78, 5) is 37.3. The van der Waals surface area contributed by atoms with Crippen LogP contribution in [0.1, 0.15) is 26.7 Å². The van der Waals surface area contributed by atoms with Crippen molar-refractivity contribution < 1.29 is 19.5 Å². The van der Waals surface area contributed by atoms with E-state index in [0.29, 0.717) is 6.54 Å². The second-order valence-corrected chi connectivity index (χ2v) is 4.94. The van der Waals surface area contributed by atoms with Crippen molar-refractivity contribution in [3.63, 3.8) is 0 Å². The van der Waals surface area contributed by atoms with Crippen molar-refractivity contribution in [2.75, 3.05) is 20.1 Å². The molecule has 1 N–H and O–H groups in total. The van der Waals surface area contributed by atoms with Gasteiger partial charge in [-0.3, -0.25) is 14.4 Å². The molecule has 1 unspecified atom stereocenters. The molecule has 1 atom stereocenters. The van der Waals surface area contributed by atoms with Gasteiger partial charge in [0.25, 0.3) is 0 Å². The van der Waals surface area contributed by atoms with Crippen LogP contribution in [0.3, 0.4) is 0 Å². The van der Waals surface area contributed by atoms with Crippen LogP contribution in [-0.2, 0) is 14.4 Å². The van der Waals surface area contributed by atoms with Gasteiger partial charge in [0.2, 0.25) is 11.8 Å². The number of likely N-dealkylation sites (tertiary alicyclic amines) is 1. The summed E-state index contributed by atoms with van der Waals surface area (Å²) in [5.41, 5.74) is 0. The first kappa shape index (κ1) is 14.5. The van der Waals surface area contributed by atoms with Gasteiger partial charge in [-0.2, -0.15) is 0 Å². The van der Waals surface area contributed by atoms with Gasteiger partial charge in [0, 0.05) is 32.6 Å². The fraction of sp³-hybridized carbons (Fsp3) is 0.750. The van der Waals surface area contributed by atoms with E-state index < -0.39 is 5.97 Å². The van der Waals surface area contributed by atoms with Gasteiger partial charge in [0.05, 0.1) is 12.3 Å². The Kier molecular flexibility index (Phi) is 4.69. The van der Waals surface area contributed by atoms with Crippen molar-refractivity contribution in [1.29, 1.82) is 0 Å². The second kappa shape index (κ2) is 5.84. The Morgan fingerprint density at radius 1 is 1.50 bits per heavy atom. The highest BCUT2D eigenvalue weighted by atomic mass is 16.4. The maximum atomic E-state index is 12.2. The molecule has 1 aliphatic rings. The molecule has 0 aromatic rings. The topological polar surface area (TPSA) is 77.9 Å². The van der Waals surface area contributed by atoms with Gasteiger partial charge < -0.3 is 14.9 Å². The minimum Gasteiger partial charge on any atom is -0.481 e. The van der Waals surface area contributed by atoms with Crippen LogP contribution in [0.2, 0.25) is 0 Å². The third-order valence-corrected chi connectivity index (χ3v) is 3.16. The molecule has 0 radical (unpaired) electrons. The SMILES string of the molecule is CC(C)N(CCC(=O)O)C(=O)C1CC(=O)N(C)C1. The number of nitrogens with zero attached hydrogens (tertiary/aromatic N) is 2. The molecule has 0 aromatic carbocycles. The summed E-state index contributed by atoms with van der Waals surface area (Å²) in [5.74, 6) is -1.41. The lowest BCUT2D eigenvalue weighted by atomic mass is 10.1. The highest BCUT2D eigenvalue weighted by Gasteiger charge is 2.35. The zero-order valence-electron chi connectivity index (χ0n) is 11.0. The zero-order chi connectivity index (χ0) is 13.9. The van der Waals surface area contributed by atoms with E-state index in [4.69, 9.17) is 5.11 Å². The predicted octanol–water partition coefficient (Wildman–Crippen LogP) is 0.176. The molecule has 1 aliphatic heterocycles. The van der Waals surface area contributed by atoms with Crippen molar-refractivity contribution in [3.05, 3.63) is 0 Å². The van der Waals surface area contributed by atoms with Crippen LogP contribution >= 0.6 is 0 Å². The summed E-state index contributed by atoms with van der Waals surface area (Å²) in [7, 11) is 1.67. The average molecular weight is 256 g/mol. The molecule has 18 heavy (non-hydrogen) atoms. The molecule has 1 rings (SSSR count). The molecular formula is C12H20N2O4. The molecule has 2 amide bonds. The molecule has 0 aliphatic carbocycles. The van der Waals surface area contributed by atoms with E-state index in [1.54, 1.807) is 11.9 Å². The van der Waals surface area contributed by atoms with E-state index in [9.17, 15) is 14.4 Å². The van der Waals surface area contributed by atoms with E-state index in [1.165, 1.54) is 4.90 Å². The van der Waals surface area contributed by atoms with Crippen LogP contribution in [0.5, 0.6) is 0 Å². The Hall–Kier alpha value is -1.59. The smallest absolute Gasteiger partial charge is 0.305 e. The van der Waals surface area contributed by atoms with E-state index >= 15 is 0 Å². The van der Waals surface area contributed by atoms with Crippen LogP contribution in [0.15, 0.2) is 0 Å². The quantitative estimate of drug-likeness (QED) is 0.761. The molecular weight excluding hydrogens is 236 g/mol. The number of hydrogen-bond acceptors (Lipinski definition) is 3. The van der Waals surface area contributed by atoms with Gasteiger partial charge in [-0.15, -0.1) is 0 Å². The monoisotopic (exact) mass is 256 g/mol. The second-order valence-electron chi connectivity index (χ2n) is 4.94. The van der Waals surface area contributed by atoms with Gasteiger partial charge in [-0.1, -0.05) is 0 Å². The number of hydrogen-bond donors (Lipinski definition) is 1. The van der Waals surface area contributed by atoms with Crippen molar-refractivity contribution in [2.24, 2.45) is 5.92 Å². The van der Waals surface area contributed by atoms with Gasteiger partial charge in [-0.05, 0) is 13.8 Å². The fourth-order valence-corrected chi connectivity index (χ4v) is 2.10. The molecule has 0 aromatic heterocycles. The van der Waals surface area contributed by atoms with Gasteiger partial charge >= 0.3 is 5.97 Å². The Morgan fingerprint density at radius 2 is 2.11 bits per heavy atom. The molecule has 1 saturated heterocycles. The number of aliphatic carboxylic acids is 1. The summed E-state index contributed by atoms with van der Waals surface area (Å²) < 4.78 is 0. The molecule has 0 spiro atoms. The maximum absolute atomic E-state index is 12.2. The van der Waals surface area contributed by atoms with Gasteiger partial charge in [0.1, 0.15) is 0 Å². The molecule has 6 nitrogen and oxygen atoms in total. The van der Waals surface area contributed by atoms with Crippen LogP contribution in [0.25, 0.3) is 0 Å². The lowest BCUT2D eigenvalue weighted by Crippen LogP contribution is -2.42. The van der Waals surface area contributed by atoms with Gasteiger partial charge in [0.15, 0.2) is 0 Å². The normalized spacial score (nSPS) is 19.4. The highest BCUT2D eigenvalue weighted by Crippen LogP contribution is 2.19. The Labute approximate surface area is 107 Å². The summed E-state index contributed by atoms with van der Waals surface area (Å²) in [6.45, 7) is 4.31. The fourth-order valence-electron chi connectivity index (χ4n) is 2.10. The number of carboxylic acids is 1. The number of carboxylic acid groups (broad SMARTS) is 1. The lowest BCUT2D eigenvalue weighted by molar-refractivity contribution is -0.141. The molecule has 1 heterocycles. The number of rotatable bonds is 5. The van der Waals surface area contributed by atoms with Gasteiger partial charge in [-0.25, -0.2) is 0 Å². The number of amides is 2. The van der Waals surface area contributed by atoms with Crippen LogP contribution < -0.4 is 0 Å². The number of carbonyl (C=O) groups excluding carboxylic acids is 2. The van der Waals surface area contributed by atoms with Crippen molar-refractivity contribution in [1.82, 2.24) is 9.80 Å². The molecule has 0 saturated carbocycles. The minimum atomic E-state index is -0.923. The highest BCUT2D eigenvalue weighted by molar-refractivity contribution is 5.89. The van der Waals surface area contributed by atoms with Crippen LogP contribution in [0.4, 0.5) is 0 Å². The standard InChI is InChI=1S/C12H20N2O4/c1-8(2)14(5-4-11(16)17)12(18)9-6-10(15)13(3)7-9/h8-9H,4-7H2,1-3H3,(H,16,17). The summed E-state index contributed by atoms with van der Waals surface area (Å²) in [6, 6.07) is -0.0575. The van der Waals surface area contributed by atoms with E-state index in [0.717, 1.165) is 0 Å². The summed E-state index contributed by atoms with van der Waals surface area (Å²) >= 11 is 0. The lowest BCUT2D eigenvalue weighted by Gasteiger charge is -2.28. The first-order valence-corrected chi connectivity index (χ1v) is 6.09.